The van der Waals surface area contributed by atoms with Gasteiger partial charge in [-0.2, -0.15) is 0 Å². The van der Waals surface area contributed by atoms with Crippen molar-refractivity contribution in [2.45, 2.75) is 25.7 Å². The largest absolute Gasteiger partial charge is 0.492 e. The van der Waals surface area contributed by atoms with E-state index in [1.165, 1.54) is 55.6 Å². The highest BCUT2D eigenvalue weighted by atomic mass is 16.5. The monoisotopic (exact) mass is 350 g/mol. The predicted molar refractivity (Wildman–Crippen MR) is 107 cm³/mol. The normalized spacial score (nSPS) is 18.0. The van der Waals surface area contributed by atoms with E-state index in [1.54, 1.807) is 0 Å². The molecule has 0 atom stereocenters. The molecule has 0 spiro atoms. The van der Waals surface area contributed by atoms with Crippen LogP contribution in [0.4, 0.5) is 0 Å². The molecule has 1 aliphatic carbocycles. The van der Waals surface area contributed by atoms with E-state index in [0.717, 1.165) is 38.4 Å². The zero-order valence-electron chi connectivity index (χ0n) is 15.7. The number of ether oxygens (including phenoxy) is 1. The van der Waals surface area contributed by atoms with Crippen molar-refractivity contribution in [1.82, 2.24) is 9.80 Å². The van der Waals surface area contributed by atoms with E-state index < -0.39 is 0 Å². The van der Waals surface area contributed by atoms with Crippen molar-refractivity contribution in [1.29, 1.82) is 0 Å². The van der Waals surface area contributed by atoms with Crippen LogP contribution in [-0.2, 0) is 19.3 Å². The van der Waals surface area contributed by atoms with Crippen molar-refractivity contribution >= 4 is 0 Å². The molecule has 0 N–H and O–H groups in total. The number of hydrogen-bond donors (Lipinski definition) is 0. The Bertz CT molecular complexity index is 693. The Morgan fingerprint density at radius 1 is 0.769 bits per heavy atom. The predicted octanol–water partition coefficient (Wildman–Crippen LogP) is 3.41. The topological polar surface area (TPSA) is 15.7 Å². The van der Waals surface area contributed by atoms with Crippen molar-refractivity contribution in [2.75, 3.05) is 45.9 Å². The molecule has 3 nitrogen and oxygen atoms in total. The summed E-state index contributed by atoms with van der Waals surface area (Å²) in [4.78, 5) is 5.14. The molecule has 1 saturated heterocycles. The summed E-state index contributed by atoms with van der Waals surface area (Å²) in [6, 6.07) is 17.4. The Morgan fingerprint density at radius 3 is 2.35 bits per heavy atom. The molecule has 1 aliphatic heterocycles. The summed E-state index contributed by atoms with van der Waals surface area (Å²) in [5, 5.41) is 0. The van der Waals surface area contributed by atoms with E-state index in [9.17, 15) is 0 Å². The lowest BCUT2D eigenvalue weighted by atomic mass is 10.1. The molecule has 2 aromatic rings. The molecule has 3 heteroatoms. The van der Waals surface area contributed by atoms with Crippen molar-refractivity contribution < 1.29 is 4.74 Å². The van der Waals surface area contributed by atoms with Crippen LogP contribution in [0.1, 0.15) is 23.1 Å². The zero-order valence-corrected chi connectivity index (χ0v) is 15.7. The quantitative estimate of drug-likeness (QED) is 0.761. The van der Waals surface area contributed by atoms with Gasteiger partial charge in [-0.3, -0.25) is 4.90 Å². The first-order chi connectivity index (χ1) is 12.9. The minimum absolute atomic E-state index is 0.806. The highest BCUT2D eigenvalue weighted by Gasteiger charge is 2.18. The van der Waals surface area contributed by atoms with Gasteiger partial charge in [0, 0.05) is 39.3 Å². The molecule has 0 saturated carbocycles. The lowest BCUT2D eigenvalue weighted by Gasteiger charge is -2.34. The summed E-state index contributed by atoms with van der Waals surface area (Å²) in [6.07, 6.45) is 4.84. The molecule has 0 aromatic heterocycles. The molecule has 4 rings (SSSR count). The molecule has 0 amide bonds. The van der Waals surface area contributed by atoms with Crippen LogP contribution in [0.2, 0.25) is 0 Å². The summed E-state index contributed by atoms with van der Waals surface area (Å²) in [7, 11) is 0. The van der Waals surface area contributed by atoms with Crippen molar-refractivity contribution in [3.63, 3.8) is 0 Å². The van der Waals surface area contributed by atoms with Crippen LogP contribution in [0.5, 0.6) is 5.75 Å². The second-order valence-corrected chi connectivity index (χ2v) is 7.51. The third kappa shape index (κ3) is 4.46. The van der Waals surface area contributed by atoms with E-state index in [2.05, 4.69) is 58.3 Å². The number of benzene rings is 2. The highest BCUT2D eigenvalue weighted by molar-refractivity contribution is 5.43. The molecule has 0 radical (unpaired) electrons. The fraction of sp³-hybridized carbons (Fsp3) is 0.478. The summed E-state index contributed by atoms with van der Waals surface area (Å²) in [5.41, 5.74) is 4.39. The molecule has 26 heavy (non-hydrogen) atoms. The average Bonchev–Trinajstić information content (AvgIpc) is 3.18. The van der Waals surface area contributed by atoms with Gasteiger partial charge in [-0.25, -0.2) is 0 Å². The Morgan fingerprint density at radius 2 is 1.54 bits per heavy atom. The van der Waals surface area contributed by atoms with Crippen LogP contribution < -0.4 is 4.74 Å². The minimum atomic E-state index is 0.806. The minimum Gasteiger partial charge on any atom is -0.492 e. The van der Waals surface area contributed by atoms with Gasteiger partial charge in [-0.05, 0) is 48.4 Å². The first-order valence-electron chi connectivity index (χ1n) is 10.1. The number of hydrogen-bond acceptors (Lipinski definition) is 3. The molecule has 2 aliphatic rings. The molecular formula is C23H30N2O. The van der Waals surface area contributed by atoms with E-state index in [1.807, 2.05) is 0 Å². The van der Waals surface area contributed by atoms with E-state index in [-0.39, 0.29) is 0 Å². The van der Waals surface area contributed by atoms with E-state index in [0.29, 0.717) is 0 Å². The van der Waals surface area contributed by atoms with Crippen LogP contribution in [0, 0.1) is 0 Å². The van der Waals surface area contributed by atoms with E-state index in [4.69, 9.17) is 4.74 Å². The summed E-state index contributed by atoms with van der Waals surface area (Å²) < 4.78 is 6.13. The van der Waals surface area contributed by atoms with Crippen LogP contribution in [0.25, 0.3) is 0 Å². The Balaban J connectivity index is 1.16. The number of rotatable bonds is 7. The van der Waals surface area contributed by atoms with Crippen LogP contribution in [0.3, 0.4) is 0 Å². The molecule has 1 fully saturated rings. The van der Waals surface area contributed by atoms with Crippen LogP contribution >= 0.6 is 0 Å². The second-order valence-electron chi connectivity index (χ2n) is 7.51. The third-order valence-corrected chi connectivity index (χ3v) is 5.79. The standard InChI is InChI=1S/C23H30N2O/c1-2-6-20(7-3-1)12-13-24-14-16-25(17-15-24)18-19-26-23-11-5-9-21-8-4-10-22(21)23/h1-3,5-7,9,11H,4,8,10,12-19H2. The summed E-state index contributed by atoms with van der Waals surface area (Å²) >= 11 is 0. The Kier molecular flexibility index (Phi) is 5.88. The molecule has 0 unspecified atom stereocenters. The van der Waals surface area contributed by atoms with Gasteiger partial charge in [0.2, 0.25) is 0 Å². The number of nitrogens with zero attached hydrogens (tertiary/aromatic N) is 2. The van der Waals surface area contributed by atoms with Gasteiger partial charge < -0.3 is 9.64 Å². The van der Waals surface area contributed by atoms with Gasteiger partial charge in [-0.15, -0.1) is 0 Å². The van der Waals surface area contributed by atoms with Gasteiger partial charge in [-0.1, -0.05) is 42.5 Å². The fourth-order valence-electron chi connectivity index (χ4n) is 4.17. The van der Waals surface area contributed by atoms with Crippen molar-refractivity contribution in [3.8, 4) is 5.75 Å². The highest BCUT2D eigenvalue weighted by Crippen LogP contribution is 2.30. The fourth-order valence-corrected chi connectivity index (χ4v) is 4.17. The SMILES string of the molecule is c1ccc(CCN2CCN(CCOc3cccc4c3CCC4)CC2)cc1. The second kappa shape index (κ2) is 8.70. The van der Waals surface area contributed by atoms with Gasteiger partial charge in [0.15, 0.2) is 0 Å². The maximum atomic E-state index is 6.13. The number of aryl methyl sites for hydroxylation is 1. The first-order valence-corrected chi connectivity index (χ1v) is 10.1. The molecular weight excluding hydrogens is 320 g/mol. The van der Waals surface area contributed by atoms with Crippen LogP contribution in [0.15, 0.2) is 48.5 Å². The first kappa shape index (κ1) is 17.6. The maximum absolute atomic E-state index is 6.13. The smallest absolute Gasteiger partial charge is 0.122 e. The number of fused-ring (bicyclic) bond motifs is 1. The Hall–Kier alpha value is -1.84. The van der Waals surface area contributed by atoms with Crippen molar-refractivity contribution in [3.05, 3.63) is 65.2 Å². The number of piperazine rings is 1. The van der Waals surface area contributed by atoms with Gasteiger partial charge in [0.25, 0.3) is 0 Å². The maximum Gasteiger partial charge on any atom is 0.122 e. The molecule has 0 bridgehead atoms. The Labute approximate surface area is 157 Å². The van der Waals surface area contributed by atoms with E-state index >= 15 is 0 Å². The molecule has 1 heterocycles. The lowest BCUT2D eigenvalue weighted by molar-refractivity contribution is 0.117. The van der Waals surface area contributed by atoms with Gasteiger partial charge >= 0.3 is 0 Å². The molecule has 138 valence electrons. The average molecular weight is 351 g/mol. The third-order valence-electron chi connectivity index (χ3n) is 5.79. The van der Waals surface area contributed by atoms with Crippen molar-refractivity contribution in [2.24, 2.45) is 0 Å². The molecule has 2 aromatic carbocycles. The van der Waals surface area contributed by atoms with Crippen LogP contribution in [-0.4, -0.2) is 55.7 Å². The van der Waals surface area contributed by atoms with Gasteiger partial charge in [0.1, 0.15) is 12.4 Å². The summed E-state index contributed by atoms with van der Waals surface area (Å²) in [5.74, 6) is 1.13. The zero-order chi connectivity index (χ0) is 17.6. The summed E-state index contributed by atoms with van der Waals surface area (Å²) in [6.45, 7) is 7.68. The lowest BCUT2D eigenvalue weighted by Crippen LogP contribution is -2.47. The van der Waals surface area contributed by atoms with Gasteiger partial charge in [0.05, 0.1) is 0 Å².